The van der Waals surface area contributed by atoms with E-state index in [2.05, 4.69) is 42.4 Å². The van der Waals surface area contributed by atoms with E-state index in [0.29, 0.717) is 5.76 Å². The minimum Gasteiger partial charge on any atom is -0.497 e. The van der Waals surface area contributed by atoms with E-state index in [1.54, 1.807) is 7.11 Å². The van der Waals surface area contributed by atoms with Crippen molar-refractivity contribution in [2.45, 2.75) is 26.7 Å². The Morgan fingerprint density at radius 3 is 2.47 bits per heavy atom. The summed E-state index contributed by atoms with van der Waals surface area (Å²) < 4.78 is 4.99. The minimum atomic E-state index is 0.641. The van der Waals surface area contributed by atoms with Crippen molar-refractivity contribution in [3.63, 3.8) is 0 Å². The molecule has 0 bridgehead atoms. The molecule has 104 valence electrons. The number of nitrogens with zero attached hydrogens (tertiary/aromatic N) is 2. The van der Waals surface area contributed by atoms with Crippen LogP contribution in [0.25, 0.3) is 6.08 Å². The fourth-order valence-corrected chi connectivity index (χ4v) is 1.82. The van der Waals surface area contributed by atoms with Gasteiger partial charge in [-0.05, 0) is 42.7 Å². The van der Waals surface area contributed by atoms with Crippen LogP contribution in [0.3, 0.4) is 0 Å². The molecule has 1 aromatic heterocycles. The number of hydrogen-bond acceptors (Lipinski definition) is 3. The molecule has 0 spiro atoms. The molecule has 0 aliphatic rings. The van der Waals surface area contributed by atoms with E-state index in [4.69, 9.17) is 4.74 Å². The van der Waals surface area contributed by atoms with Gasteiger partial charge in [0.1, 0.15) is 11.6 Å². The minimum absolute atomic E-state index is 0.641. The molecule has 0 aliphatic carbocycles. The lowest BCUT2D eigenvalue weighted by molar-refractivity contribution is 0.309. The van der Waals surface area contributed by atoms with E-state index in [9.17, 15) is 0 Å². The Kier molecular flexibility index (Phi) is 6.72. The Morgan fingerprint density at radius 2 is 2.00 bits per heavy atom. The molecular weight excluding hydrogens is 236 g/mol. The van der Waals surface area contributed by atoms with Crippen LogP contribution in [-0.4, -0.2) is 25.2 Å². The van der Waals surface area contributed by atoms with Crippen molar-refractivity contribution in [2.24, 2.45) is 0 Å². The Morgan fingerprint density at radius 1 is 1.32 bits per heavy atom. The third-order valence-corrected chi connectivity index (χ3v) is 2.81. The Hall–Kier alpha value is -1.77. The van der Waals surface area contributed by atoms with Crippen molar-refractivity contribution < 1.29 is 4.74 Å². The number of aromatic nitrogens is 1. The van der Waals surface area contributed by atoms with Crippen LogP contribution in [0.15, 0.2) is 36.7 Å². The summed E-state index contributed by atoms with van der Waals surface area (Å²) in [6.45, 7) is 10.2. The molecule has 1 rings (SSSR count). The molecular formula is C16H24N2O. The van der Waals surface area contributed by atoms with Crippen molar-refractivity contribution in [2.75, 3.05) is 25.1 Å². The van der Waals surface area contributed by atoms with Gasteiger partial charge in [0.25, 0.3) is 0 Å². The molecule has 0 saturated heterocycles. The van der Waals surface area contributed by atoms with Crippen molar-refractivity contribution >= 4 is 11.9 Å². The van der Waals surface area contributed by atoms with Gasteiger partial charge in [0.05, 0.1) is 7.11 Å². The molecule has 0 fully saturated rings. The lowest BCUT2D eigenvalue weighted by Crippen LogP contribution is -2.25. The van der Waals surface area contributed by atoms with Gasteiger partial charge in [-0.15, -0.1) is 0 Å². The van der Waals surface area contributed by atoms with Crippen molar-refractivity contribution in [1.29, 1.82) is 0 Å². The van der Waals surface area contributed by atoms with Gasteiger partial charge in [-0.2, -0.15) is 0 Å². The van der Waals surface area contributed by atoms with Crippen LogP contribution < -0.4 is 4.90 Å². The van der Waals surface area contributed by atoms with Gasteiger partial charge in [0.15, 0.2) is 0 Å². The normalized spacial score (nSPS) is 10.7. The van der Waals surface area contributed by atoms with Crippen molar-refractivity contribution in [1.82, 2.24) is 4.98 Å². The Bertz CT molecular complexity index is 403. The first-order valence-corrected chi connectivity index (χ1v) is 6.83. The number of hydrogen-bond donors (Lipinski definition) is 0. The topological polar surface area (TPSA) is 25.4 Å². The fourth-order valence-electron chi connectivity index (χ4n) is 1.82. The van der Waals surface area contributed by atoms with Gasteiger partial charge in [-0.1, -0.05) is 20.4 Å². The van der Waals surface area contributed by atoms with Crippen LogP contribution in [-0.2, 0) is 4.74 Å². The molecule has 1 aromatic rings. The predicted molar refractivity (Wildman–Crippen MR) is 82.2 cm³/mol. The number of ether oxygens (including phenoxy) is 1. The molecule has 3 heteroatoms. The van der Waals surface area contributed by atoms with Gasteiger partial charge in [-0.3, -0.25) is 0 Å². The summed E-state index contributed by atoms with van der Waals surface area (Å²) in [5, 5.41) is 0. The summed E-state index contributed by atoms with van der Waals surface area (Å²) in [5.74, 6) is 1.69. The SMILES string of the molecule is C=C(/C=C/c1ccc(N(CCC)CCC)nc1)OC. The number of allylic oxidation sites excluding steroid dienone is 1. The average molecular weight is 260 g/mol. The first-order valence-electron chi connectivity index (χ1n) is 6.83. The average Bonchev–Trinajstić information content (AvgIpc) is 2.45. The lowest BCUT2D eigenvalue weighted by atomic mass is 10.2. The summed E-state index contributed by atoms with van der Waals surface area (Å²) >= 11 is 0. The maximum Gasteiger partial charge on any atom is 0.128 e. The molecule has 0 atom stereocenters. The summed E-state index contributed by atoms with van der Waals surface area (Å²) in [7, 11) is 1.61. The van der Waals surface area contributed by atoms with E-state index in [1.807, 2.05) is 18.3 Å². The molecule has 19 heavy (non-hydrogen) atoms. The molecule has 0 N–H and O–H groups in total. The summed E-state index contributed by atoms with van der Waals surface area (Å²) in [6, 6.07) is 4.14. The highest BCUT2D eigenvalue weighted by atomic mass is 16.5. The molecule has 0 unspecified atom stereocenters. The van der Waals surface area contributed by atoms with Crippen LogP contribution >= 0.6 is 0 Å². The Balaban J connectivity index is 2.73. The zero-order valence-corrected chi connectivity index (χ0v) is 12.2. The van der Waals surface area contributed by atoms with Gasteiger partial charge in [0, 0.05) is 19.3 Å². The number of pyridine rings is 1. The summed E-state index contributed by atoms with van der Waals surface area (Å²) in [4.78, 5) is 6.85. The fraction of sp³-hybridized carbons (Fsp3) is 0.438. The van der Waals surface area contributed by atoms with E-state index in [-0.39, 0.29) is 0 Å². The second-order valence-corrected chi connectivity index (χ2v) is 4.44. The van der Waals surface area contributed by atoms with Gasteiger partial charge < -0.3 is 9.64 Å². The van der Waals surface area contributed by atoms with Crippen LogP contribution in [0.5, 0.6) is 0 Å². The Labute approximate surface area is 116 Å². The second kappa shape index (κ2) is 8.35. The lowest BCUT2D eigenvalue weighted by Gasteiger charge is -2.22. The largest absolute Gasteiger partial charge is 0.497 e. The predicted octanol–water partition coefficient (Wildman–Crippen LogP) is 3.88. The smallest absolute Gasteiger partial charge is 0.128 e. The highest BCUT2D eigenvalue weighted by Gasteiger charge is 2.04. The number of rotatable bonds is 8. The monoisotopic (exact) mass is 260 g/mol. The van der Waals surface area contributed by atoms with E-state index in [1.165, 1.54) is 0 Å². The van der Waals surface area contributed by atoms with Crippen LogP contribution in [0, 0.1) is 0 Å². The standard InChI is InChI=1S/C16H24N2O/c1-5-11-18(12-6-2)16-10-9-15(13-17-16)8-7-14(3)19-4/h7-10,13H,3,5-6,11-12H2,1-2,4H3/b8-7+. The molecule has 1 heterocycles. The first-order chi connectivity index (χ1) is 9.21. The van der Waals surface area contributed by atoms with E-state index in [0.717, 1.165) is 37.3 Å². The maximum absolute atomic E-state index is 4.99. The maximum atomic E-state index is 4.99. The van der Waals surface area contributed by atoms with Crippen LogP contribution in [0.1, 0.15) is 32.3 Å². The van der Waals surface area contributed by atoms with Crippen molar-refractivity contribution in [3.05, 3.63) is 42.3 Å². The molecule has 0 aromatic carbocycles. The van der Waals surface area contributed by atoms with E-state index < -0.39 is 0 Å². The van der Waals surface area contributed by atoms with E-state index >= 15 is 0 Å². The first kappa shape index (κ1) is 15.3. The van der Waals surface area contributed by atoms with Crippen molar-refractivity contribution in [3.8, 4) is 0 Å². The van der Waals surface area contributed by atoms with Crippen LogP contribution in [0.4, 0.5) is 5.82 Å². The van der Waals surface area contributed by atoms with Gasteiger partial charge in [0.2, 0.25) is 0 Å². The number of methoxy groups -OCH3 is 1. The molecule has 0 amide bonds. The summed E-state index contributed by atoms with van der Waals surface area (Å²) in [6.07, 6.45) is 7.94. The van der Waals surface area contributed by atoms with Gasteiger partial charge in [-0.25, -0.2) is 4.98 Å². The van der Waals surface area contributed by atoms with Crippen LogP contribution in [0.2, 0.25) is 0 Å². The second-order valence-electron chi connectivity index (χ2n) is 4.44. The third-order valence-electron chi connectivity index (χ3n) is 2.81. The highest BCUT2D eigenvalue weighted by molar-refractivity contribution is 5.53. The summed E-state index contributed by atoms with van der Waals surface area (Å²) in [5.41, 5.74) is 1.05. The quantitative estimate of drug-likeness (QED) is 0.524. The molecule has 0 aliphatic heterocycles. The zero-order valence-electron chi connectivity index (χ0n) is 12.2. The molecule has 0 saturated carbocycles. The number of anilines is 1. The zero-order chi connectivity index (χ0) is 14.1. The molecule has 3 nitrogen and oxygen atoms in total. The highest BCUT2D eigenvalue weighted by Crippen LogP contribution is 2.13. The molecule has 0 radical (unpaired) electrons. The van der Waals surface area contributed by atoms with Gasteiger partial charge >= 0.3 is 0 Å². The third kappa shape index (κ3) is 5.16.